The van der Waals surface area contributed by atoms with Gasteiger partial charge in [-0.2, -0.15) is 0 Å². The molecule has 0 bridgehead atoms. The number of nitrogens with zero attached hydrogens (tertiary/aromatic N) is 1. The lowest BCUT2D eigenvalue weighted by Crippen LogP contribution is -2.18. The lowest BCUT2D eigenvalue weighted by molar-refractivity contribution is 0.569. The summed E-state index contributed by atoms with van der Waals surface area (Å²) in [4.78, 5) is 2.52. The van der Waals surface area contributed by atoms with Crippen LogP contribution in [0.15, 0.2) is 127 Å². The molecule has 0 atom stereocenters. The molecule has 1 heteroatoms. The molecule has 0 aliphatic heterocycles. The SMILES string of the molecule is CC(C)(C)c1cc(-c2ccccc2N(c2ccc3c(c2)C(C)(C)c2ccccc2-3)c2ccc3c(c2)C(C)(C)c2ccccc2-3)cc(C(C)(C)C)c1. The van der Waals surface area contributed by atoms with Crippen LogP contribution in [0, 0.1) is 0 Å². The number of para-hydroxylation sites is 1. The second-order valence-corrected chi connectivity index (χ2v) is 18.0. The van der Waals surface area contributed by atoms with Crippen molar-refractivity contribution >= 4 is 17.1 Å². The van der Waals surface area contributed by atoms with Gasteiger partial charge in [-0.05, 0) is 102 Å². The minimum Gasteiger partial charge on any atom is -0.310 e. The van der Waals surface area contributed by atoms with Crippen molar-refractivity contribution < 1.29 is 0 Å². The van der Waals surface area contributed by atoms with Crippen molar-refractivity contribution in [2.75, 3.05) is 4.90 Å². The molecule has 0 amide bonds. The Morgan fingerprint density at radius 3 is 1.24 bits per heavy atom. The maximum absolute atomic E-state index is 2.52. The van der Waals surface area contributed by atoms with Crippen molar-refractivity contribution in [1.29, 1.82) is 0 Å². The Bertz CT molecular complexity index is 2200. The Balaban J connectivity index is 1.38. The topological polar surface area (TPSA) is 3.24 Å². The van der Waals surface area contributed by atoms with Gasteiger partial charge in [-0.1, -0.05) is 166 Å². The molecule has 0 heterocycles. The third-order valence-electron chi connectivity index (χ3n) is 11.8. The van der Waals surface area contributed by atoms with Crippen molar-refractivity contribution in [1.82, 2.24) is 0 Å². The van der Waals surface area contributed by atoms with E-state index in [0.29, 0.717) is 0 Å². The number of hydrogen-bond acceptors (Lipinski definition) is 1. The standard InChI is InChI=1S/C50H51N/c1-47(2,3)33-27-32(28-34(29-33)48(4,5)6)37-17-13-16-22-46(37)51(35-23-25-40-38-18-11-14-20-42(38)49(7,8)44(40)30-35)36-24-26-41-39-19-12-15-21-43(39)50(9,10)45(41)31-36/h11-31H,1-10H3. The summed E-state index contributed by atoms with van der Waals surface area (Å²) in [6.07, 6.45) is 0. The van der Waals surface area contributed by atoms with Crippen molar-refractivity contribution in [2.24, 2.45) is 0 Å². The molecule has 0 saturated carbocycles. The lowest BCUT2D eigenvalue weighted by atomic mass is 9.78. The summed E-state index contributed by atoms with van der Waals surface area (Å²) in [5, 5.41) is 0. The largest absolute Gasteiger partial charge is 0.310 e. The van der Waals surface area contributed by atoms with Crippen LogP contribution in [0.4, 0.5) is 17.1 Å². The van der Waals surface area contributed by atoms with Crippen LogP contribution in [0.25, 0.3) is 33.4 Å². The first-order chi connectivity index (χ1) is 24.1. The Labute approximate surface area is 306 Å². The van der Waals surface area contributed by atoms with Gasteiger partial charge in [-0.25, -0.2) is 0 Å². The number of rotatable bonds is 4. The Morgan fingerprint density at radius 1 is 0.392 bits per heavy atom. The summed E-state index contributed by atoms with van der Waals surface area (Å²) in [6.45, 7) is 23.5. The van der Waals surface area contributed by atoms with Gasteiger partial charge in [0.2, 0.25) is 0 Å². The normalized spacial score (nSPS) is 15.2. The molecular formula is C50H51N. The van der Waals surface area contributed by atoms with Crippen molar-refractivity contribution in [3.63, 3.8) is 0 Å². The minimum absolute atomic E-state index is 0.0196. The van der Waals surface area contributed by atoms with Crippen LogP contribution in [0.2, 0.25) is 0 Å². The van der Waals surface area contributed by atoms with Gasteiger partial charge >= 0.3 is 0 Å². The summed E-state index contributed by atoms with van der Waals surface area (Å²) < 4.78 is 0. The highest BCUT2D eigenvalue weighted by molar-refractivity contribution is 5.92. The quantitative estimate of drug-likeness (QED) is 0.181. The summed E-state index contributed by atoms with van der Waals surface area (Å²) in [7, 11) is 0. The van der Waals surface area contributed by atoms with E-state index in [1.54, 1.807) is 0 Å². The van der Waals surface area contributed by atoms with Crippen LogP contribution in [0.1, 0.15) is 103 Å². The van der Waals surface area contributed by atoms with E-state index in [4.69, 9.17) is 0 Å². The van der Waals surface area contributed by atoms with Gasteiger partial charge in [-0.3, -0.25) is 0 Å². The Morgan fingerprint density at radius 2 is 0.784 bits per heavy atom. The third kappa shape index (κ3) is 5.27. The molecule has 0 aromatic heterocycles. The van der Waals surface area contributed by atoms with Gasteiger partial charge in [0.25, 0.3) is 0 Å². The molecule has 2 aliphatic carbocycles. The number of fused-ring (bicyclic) bond motifs is 6. The van der Waals surface area contributed by atoms with Crippen LogP contribution in [0.5, 0.6) is 0 Å². The minimum atomic E-state index is -0.0999. The second kappa shape index (κ2) is 11.3. The fourth-order valence-corrected chi connectivity index (χ4v) is 8.65. The van der Waals surface area contributed by atoms with Crippen molar-refractivity contribution in [2.45, 2.75) is 90.9 Å². The first-order valence-electron chi connectivity index (χ1n) is 18.6. The molecule has 0 N–H and O–H groups in total. The number of benzene rings is 6. The van der Waals surface area contributed by atoms with E-state index in [2.05, 4.69) is 202 Å². The predicted octanol–water partition coefficient (Wildman–Crippen LogP) is 14.0. The summed E-state index contributed by atoms with van der Waals surface area (Å²) >= 11 is 0. The highest BCUT2D eigenvalue weighted by Gasteiger charge is 2.38. The average Bonchev–Trinajstić information content (AvgIpc) is 3.47. The number of hydrogen-bond donors (Lipinski definition) is 0. The molecule has 0 fully saturated rings. The molecule has 6 aromatic rings. The van der Waals surface area contributed by atoms with E-state index in [1.807, 2.05) is 0 Å². The maximum Gasteiger partial charge on any atom is 0.0540 e. The molecule has 8 rings (SSSR count). The fraction of sp³-hybridized carbons (Fsp3) is 0.280. The van der Waals surface area contributed by atoms with E-state index < -0.39 is 0 Å². The van der Waals surface area contributed by atoms with Gasteiger partial charge in [0.15, 0.2) is 0 Å². The molecule has 0 unspecified atom stereocenters. The van der Waals surface area contributed by atoms with E-state index >= 15 is 0 Å². The molecular weight excluding hydrogens is 615 g/mol. The molecule has 0 spiro atoms. The van der Waals surface area contributed by atoms with Gasteiger partial charge in [-0.15, -0.1) is 0 Å². The Hall–Kier alpha value is -4.88. The van der Waals surface area contributed by atoms with Crippen molar-refractivity contribution in [3.05, 3.63) is 161 Å². The molecule has 6 aromatic carbocycles. The molecule has 51 heavy (non-hydrogen) atoms. The molecule has 256 valence electrons. The zero-order valence-corrected chi connectivity index (χ0v) is 32.1. The molecule has 0 saturated heterocycles. The predicted molar refractivity (Wildman–Crippen MR) is 219 cm³/mol. The second-order valence-electron chi connectivity index (χ2n) is 18.0. The summed E-state index contributed by atoms with van der Waals surface area (Å²) in [6, 6.07) is 48.5. The van der Waals surface area contributed by atoms with E-state index in [0.717, 1.165) is 0 Å². The highest BCUT2D eigenvalue weighted by atomic mass is 15.1. The molecule has 1 nitrogen and oxygen atoms in total. The van der Waals surface area contributed by atoms with Crippen LogP contribution in [-0.4, -0.2) is 0 Å². The zero-order chi connectivity index (χ0) is 36.1. The fourth-order valence-electron chi connectivity index (χ4n) is 8.65. The zero-order valence-electron chi connectivity index (χ0n) is 32.1. The van der Waals surface area contributed by atoms with Gasteiger partial charge < -0.3 is 4.90 Å². The lowest BCUT2D eigenvalue weighted by Gasteiger charge is -2.32. The van der Waals surface area contributed by atoms with E-state index in [-0.39, 0.29) is 21.7 Å². The third-order valence-corrected chi connectivity index (χ3v) is 11.8. The summed E-state index contributed by atoms with van der Waals surface area (Å²) in [5.41, 5.74) is 19.5. The van der Waals surface area contributed by atoms with Gasteiger partial charge in [0, 0.05) is 27.8 Å². The molecule has 0 radical (unpaired) electrons. The van der Waals surface area contributed by atoms with Gasteiger partial charge in [0.1, 0.15) is 0 Å². The monoisotopic (exact) mass is 665 g/mol. The van der Waals surface area contributed by atoms with Crippen LogP contribution < -0.4 is 4.90 Å². The van der Waals surface area contributed by atoms with Crippen LogP contribution >= 0.6 is 0 Å². The van der Waals surface area contributed by atoms with Gasteiger partial charge in [0.05, 0.1) is 5.69 Å². The summed E-state index contributed by atoms with van der Waals surface area (Å²) in [5.74, 6) is 0. The maximum atomic E-state index is 2.52. The van der Waals surface area contributed by atoms with Crippen LogP contribution in [-0.2, 0) is 21.7 Å². The van der Waals surface area contributed by atoms with E-state index in [9.17, 15) is 0 Å². The van der Waals surface area contributed by atoms with Crippen LogP contribution in [0.3, 0.4) is 0 Å². The number of anilines is 3. The first-order valence-corrected chi connectivity index (χ1v) is 18.6. The first kappa shape index (κ1) is 33.3. The van der Waals surface area contributed by atoms with Crippen molar-refractivity contribution in [3.8, 4) is 33.4 Å². The smallest absolute Gasteiger partial charge is 0.0540 e. The Kier molecular flexibility index (Phi) is 7.38. The van der Waals surface area contributed by atoms with E-state index in [1.165, 1.54) is 83.8 Å². The highest BCUT2D eigenvalue weighted by Crippen LogP contribution is 2.54. The molecule has 2 aliphatic rings. The average molecular weight is 666 g/mol.